The van der Waals surface area contributed by atoms with Gasteiger partial charge in [-0.2, -0.15) is 0 Å². The molecule has 0 amide bonds. The summed E-state index contributed by atoms with van der Waals surface area (Å²) in [6, 6.07) is 5.95. The van der Waals surface area contributed by atoms with Crippen LogP contribution in [0.4, 0.5) is 0 Å². The highest BCUT2D eigenvalue weighted by atomic mass is 16.5. The fraction of sp³-hybridized carbons (Fsp3) is 0.667. The molecule has 3 heteroatoms. The van der Waals surface area contributed by atoms with Crippen molar-refractivity contribution < 1.29 is 14.6 Å². The number of carbonyl (C=O) groups is 1. The van der Waals surface area contributed by atoms with E-state index in [-0.39, 0.29) is 17.5 Å². The van der Waals surface area contributed by atoms with Crippen LogP contribution in [0.25, 0.3) is 0 Å². The van der Waals surface area contributed by atoms with Gasteiger partial charge in [0.1, 0.15) is 11.9 Å². The number of phenols is 1. The average molecular weight is 328 g/mol. The highest BCUT2D eigenvalue weighted by molar-refractivity contribution is 5.69. The van der Waals surface area contributed by atoms with Crippen LogP contribution in [0.1, 0.15) is 69.4 Å². The second-order valence-electron chi connectivity index (χ2n) is 8.25. The van der Waals surface area contributed by atoms with E-state index in [1.807, 2.05) is 19.1 Å². The summed E-state index contributed by atoms with van der Waals surface area (Å²) in [7, 11) is 0. The predicted molar refractivity (Wildman–Crippen MR) is 92.9 cm³/mol. The molecule has 2 saturated carbocycles. The van der Waals surface area contributed by atoms with Crippen molar-refractivity contribution >= 4 is 5.97 Å². The molecule has 4 rings (SSSR count). The van der Waals surface area contributed by atoms with Crippen molar-refractivity contribution in [1.82, 2.24) is 0 Å². The molecule has 130 valence electrons. The van der Waals surface area contributed by atoms with Gasteiger partial charge in [0, 0.05) is 11.8 Å². The minimum absolute atomic E-state index is 0.0477. The summed E-state index contributed by atoms with van der Waals surface area (Å²) >= 11 is 0. The van der Waals surface area contributed by atoms with Crippen molar-refractivity contribution in [3.05, 3.63) is 29.3 Å². The van der Waals surface area contributed by atoms with Crippen molar-refractivity contribution in [3.63, 3.8) is 0 Å². The monoisotopic (exact) mass is 328 g/mol. The topological polar surface area (TPSA) is 46.5 Å². The molecule has 1 N–H and O–H groups in total. The van der Waals surface area contributed by atoms with E-state index in [9.17, 15) is 9.90 Å². The summed E-state index contributed by atoms with van der Waals surface area (Å²) in [5, 5.41) is 9.77. The van der Waals surface area contributed by atoms with Gasteiger partial charge in [0.2, 0.25) is 0 Å². The molecular formula is C21H28O3. The van der Waals surface area contributed by atoms with Gasteiger partial charge in [-0.1, -0.05) is 19.9 Å². The normalized spacial score (nSPS) is 37.2. The second-order valence-corrected chi connectivity index (χ2v) is 8.25. The van der Waals surface area contributed by atoms with Gasteiger partial charge < -0.3 is 9.84 Å². The lowest BCUT2D eigenvalue weighted by Gasteiger charge is -2.50. The van der Waals surface area contributed by atoms with Crippen molar-refractivity contribution in [2.75, 3.05) is 0 Å². The van der Waals surface area contributed by atoms with Gasteiger partial charge in [0.25, 0.3) is 0 Å². The number of rotatable bonds is 2. The molecule has 3 aliphatic carbocycles. The first-order valence-electron chi connectivity index (χ1n) is 9.54. The molecule has 0 spiro atoms. The van der Waals surface area contributed by atoms with Crippen LogP contribution in [0.5, 0.6) is 5.75 Å². The van der Waals surface area contributed by atoms with Gasteiger partial charge >= 0.3 is 5.97 Å². The van der Waals surface area contributed by atoms with Crippen molar-refractivity contribution in [2.45, 2.75) is 70.8 Å². The number of esters is 1. The third-order valence-corrected chi connectivity index (χ3v) is 7.19. The summed E-state index contributed by atoms with van der Waals surface area (Å²) < 4.78 is 5.83. The lowest BCUT2D eigenvalue weighted by molar-refractivity contribution is -0.157. The number of hydrogen-bond acceptors (Lipinski definition) is 3. The van der Waals surface area contributed by atoms with E-state index in [1.165, 1.54) is 30.4 Å². The summed E-state index contributed by atoms with van der Waals surface area (Å²) in [6.07, 6.45) is 7.38. The lowest BCUT2D eigenvalue weighted by Crippen LogP contribution is -2.45. The maximum atomic E-state index is 11.8. The second kappa shape index (κ2) is 5.79. The molecule has 0 saturated heterocycles. The highest BCUT2D eigenvalue weighted by Gasteiger charge is 2.56. The third kappa shape index (κ3) is 2.35. The number of carbonyl (C=O) groups excluding carboxylic acids is 1. The molecule has 1 aromatic carbocycles. The molecule has 0 unspecified atom stereocenters. The minimum Gasteiger partial charge on any atom is -0.508 e. The molecule has 0 radical (unpaired) electrons. The fourth-order valence-corrected chi connectivity index (χ4v) is 5.96. The SMILES string of the molecule is CCC(=O)O[C@H]1CC[C@H]2[C@H]3CCc4cc(O)ccc4[C@@H]3CC[C@]12C. The Morgan fingerprint density at radius 1 is 1.29 bits per heavy atom. The Kier molecular flexibility index (Phi) is 3.85. The van der Waals surface area contributed by atoms with E-state index in [0.29, 0.717) is 29.9 Å². The Morgan fingerprint density at radius 3 is 2.92 bits per heavy atom. The van der Waals surface area contributed by atoms with E-state index in [4.69, 9.17) is 4.74 Å². The van der Waals surface area contributed by atoms with Crippen LogP contribution in [0.3, 0.4) is 0 Å². The molecule has 0 aromatic heterocycles. The van der Waals surface area contributed by atoms with Gasteiger partial charge in [-0.3, -0.25) is 4.79 Å². The Balaban J connectivity index is 1.60. The summed E-state index contributed by atoms with van der Waals surface area (Å²) in [5.74, 6) is 2.32. The Labute approximate surface area is 144 Å². The largest absolute Gasteiger partial charge is 0.508 e. The molecule has 2 fully saturated rings. The number of benzene rings is 1. The van der Waals surface area contributed by atoms with Crippen LogP contribution in [0, 0.1) is 17.3 Å². The smallest absolute Gasteiger partial charge is 0.305 e. The average Bonchev–Trinajstić information content (AvgIpc) is 2.90. The molecule has 24 heavy (non-hydrogen) atoms. The Hall–Kier alpha value is -1.51. The third-order valence-electron chi connectivity index (χ3n) is 7.19. The molecule has 0 bridgehead atoms. The van der Waals surface area contributed by atoms with Crippen molar-refractivity contribution in [2.24, 2.45) is 17.3 Å². The predicted octanol–water partition coefficient (Wildman–Crippen LogP) is 4.57. The van der Waals surface area contributed by atoms with E-state index in [2.05, 4.69) is 13.0 Å². The molecule has 3 aliphatic rings. The first-order valence-corrected chi connectivity index (χ1v) is 9.54. The van der Waals surface area contributed by atoms with Crippen LogP contribution < -0.4 is 0 Å². The summed E-state index contributed by atoms with van der Waals surface area (Å²) in [5.41, 5.74) is 2.95. The van der Waals surface area contributed by atoms with Gasteiger partial charge in [-0.05, 0) is 79.5 Å². The zero-order valence-electron chi connectivity index (χ0n) is 14.8. The number of aryl methyl sites for hydroxylation is 1. The van der Waals surface area contributed by atoms with Crippen LogP contribution in [-0.2, 0) is 16.0 Å². The van der Waals surface area contributed by atoms with E-state index in [0.717, 1.165) is 19.3 Å². The van der Waals surface area contributed by atoms with Gasteiger partial charge in [-0.15, -0.1) is 0 Å². The molecule has 3 nitrogen and oxygen atoms in total. The number of hydrogen-bond donors (Lipinski definition) is 1. The maximum absolute atomic E-state index is 11.8. The maximum Gasteiger partial charge on any atom is 0.305 e. The zero-order chi connectivity index (χ0) is 16.9. The van der Waals surface area contributed by atoms with Gasteiger partial charge in [-0.25, -0.2) is 0 Å². The number of fused-ring (bicyclic) bond motifs is 5. The van der Waals surface area contributed by atoms with Crippen molar-refractivity contribution in [1.29, 1.82) is 0 Å². The minimum atomic E-state index is -0.0477. The van der Waals surface area contributed by atoms with Crippen molar-refractivity contribution in [3.8, 4) is 5.75 Å². The first kappa shape index (κ1) is 16.0. The molecule has 0 heterocycles. The zero-order valence-corrected chi connectivity index (χ0v) is 14.8. The Bertz CT molecular complexity index is 652. The molecular weight excluding hydrogens is 300 g/mol. The molecule has 5 atom stereocenters. The fourth-order valence-electron chi connectivity index (χ4n) is 5.96. The quantitative estimate of drug-likeness (QED) is 0.809. The van der Waals surface area contributed by atoms with Gasteiger partial charge in [0.05, 0.1) is 0 Å². The summed E-state index contributed by atoms with van der Waals surface area (Å²) in [6.45, 7) is 4.24. The number of ether oxygens (including phenoxy) is 1. The molecule has 0 aliphatic heterocycles. The number of phenolic OH excluding ortho intramolecular Hbond substituents is 1. The van der Waals surface area contributed by atoms with Gasteiger partial charge in [0.15, 0.2) is 0 Å². The van der Waals surface area contributed by atoms with Crippen LogP contribution in [-0.4, -0.2) is 17.2 Å². The Morgan fingerprint density at radius 2 is 2.12 bits per heavy atom. The molecule has 1 aromatic rings. The van der Waals surface area contributed by atoms with E-state index < -0.39 is 0 Å². The van der Waals surface area contributed by atoms with Crippen LogP contribution in [0.15, 0.2) is 18.2 Å². The first-order chi connectivity index (χ1) is 11.5. The summed E-state index contributed by atoms with van der Waals surface area (Å²) in [4.78, 5) is 11.8. The highest BCUT2D eigenvalue weighted by Crippen LogP contribution is 2.61. The lowest BCUT2D eigenvalue weighted by atomic mass is 9.55. The standard InChI is InChI=1S/C21H28O3/c1-3-20(23)24-19-9-8-18-17-6-4-13-12-14(22)5-7-15(13)16(17)10-11-21(18,19)2/h5,7,12,16-19,22H,3-4,6,8-11H2,1-2H3/t16-,17-,18-,19-,21-/m0/s1. The van der Waals surface area contributed by atoms with E-state index in [1.54, 1.807) is 0 Å². The van der Waals surface area contributed by atoms with Crippen LogP contribution >= 0.6 is 0 Å². The van der Waals surface area contributed by atoms with E-state index >= 15 is 0 Å². The van der Waals surface area contributed by atoms with Crippen LogP contribution in [0.2, 0.25) is 0 Å². The number of aromatic hydroxyl groups is 1.